The average Bonchev–Trinajstić information content (AvgIpc) is 2.92. The van der Waals surface area contributed by atoms with E-state index in [4.69, 9.17) is 0 Å². The van der Waals surface area contributed by atoms with Gasteiger partial charge in [-0.15, -0.1) is 11.3 Å². The van der Waals surface area contributed by atoms with Gasteiger partial charge in [-0.05, 0) is 52.5 Å². The van der Waals surface area contributed by atoms with Crippen molar-refractivity contribution in [1.82, 2.24) is 9.97 Å². The number of nitrogens with one attached hydrogen (secondary N) is 2. The van der Waals surface area contributed by atoms with Gasteiger partial charge in [0.15, 0.2) is 0 Å². The molecule has 4 nitrogen and oxygen atoms in total. The first kappa shape index (κ1) is 14.2. The van der Waals surface area contributed by atoms with E-state index in [1.54, 1.807) is 23.5 Å². The van der Waals surface area contributed by atoms with Gasteiger partial charge in [0, 0.05) is 12.2 Å². The highest BCUT2D eigenvalue weighted by Gasteiger charge is 2.10. The van der Waals surface area contributed by atoms with Crippen molar-refractivity contribution in [3.63, 3.8) is 0 Å². The molecule has 0 radical (unpaired) electrons. The van der Waals surface area contributed by atoms with Crippen LogP contribution in [0.4, 0.5) is 21.8 Å². The van der Waals surface area contributed by atoms with Gasteiger partial charge in [0.1, 0.15) is 16.5 Å². The third-order valence-corrected chi connectivity index (χ3v) is 4.29. The Labute approximate surface area is 133 Å². The van der Waals surface area contributed by atoms with Crippen LogP contribution in [0.5, 0.6) is 0 Å². The van der Waals surface area contributed by atoms with E-state index in [2.05, 4.69) is 36.5 Å². The van der Waals surface area contributed by atoms with Crippen LogP contribution < -0.4 is 10.6 Å². The van der Waals surface area contributed by atoms with Crippen molar-refractivity contribution in [1.29, 1.82) is 0 Å². The summed E-state index contributed by atoms with van der Waals surface area (Å²) in [4.78, 5) is 9.77. The van der Waals surface area contributed by atoms with Crippen LogP contribution in [0.2, 0.25) is 0 Å². The first-order chi connectivity index (χ1) is 10.2. The lowest BCUT2D eigenvalue weighted by Gasteiger charge is -2.09. The van der Waals surface area contributed by atoms with E-state index in [0.717, 1.165) is 16.8 Å². The molecule has 0 bridgehead atoms. The summed E-state index contributed by atoms with van der Waals surface area (Å²) in [6.45, 7) is 2.72. The molecular weight excluding hydrogens is 355 g/mol. The predicted octanol–water partition coefficient (Wildman–Crippen LogP) is 4.77. The number of nitrogens with zero attached hydrogens (tertiary/aromatic N) is 2. The number of hydrogen-bond donors (Lipinski definition) is 2. The standard InChI is InChI=1S/C14H12BrFN4S/c1-2-17-14-19-12(9-5-6-21-13(9)20-14)18-8-3-4-10(15)11(16)7-8/h3-7H,2H2,1H3,(H2,17,18,19,20). The van der Waals surface area contributed by atoms with Gasteiger partial charge >= 0.3 is 0 Å². The van der Waals surface area contributed by atoms with E-state index in [1.807, 2.05) is 18.4 Å². The number of benzene rings is 1. The molecule has 0 fully saturated rings. The number of fused-ring (bicyclic) bond motifs is 1. The summed E-state index contributed by atoms with van der Waals surface area (Å²) in [5.74, 6) is 0.911. The average molecular weight is 367 g/mol. The van der Waals surface area contributed by atoms with Crippen LogP contribution in [0.1, 0.15) is 6.92 Å². The number of thiophene rings is 1. The maximum absolute atomic E-state index is 13.6. The van der Waals surface area contributed by atoms with Gasteiger partial charge in [-0.1, -0.05) is 0 Å². The fourth-order valence-electron chi connectivity index (χ4n) is 1.90. The summed E-state index contributed by atoms with van der Waals surface area (Å²) in [5, 5.41) is 9.14. The van der Waals surface area contributed by atoms with E-state index >= 15 is 0 Å². The van der Waals surface area contributed by atoms with Gasteiger partial charge < -0.3 is 10.6 Å². The molecule has 3 aromatic rings. The van der Waals surface area contributed by atoms with Crippen molar-refractivity contribution < 1.29 is 4.39 Å². The summed E-state index contributed by atoms with van der Waals surface area (Å²) >= 11 is 4.69. The van der Waals surface area contributed by atoms with E-state index in [1.165, 1.54) is 6.07 Å². The van der Waals surface area contributed by atoms with E-state index in [-0.39, 0.29) is 5.82 Å². The summed E-state index contributed by atoms with van der Waals surface area (Å²) in [7, 11) is 0. The van der Waals surface area contributed by atoms with E-state index in [9.17, 15) is 4.39 Å². The van der Waals surface area contributed by atoms with Crippen LogP contribution in [-0.2, 0) is 0 Å². The number of rotatable bonds is 4. The molecule has 0 atom stereocenters. The van der Waals surface area contributed by atoms with Crippen molar-refractivity contribution in [2.75, 3.05) is 17.2 Å². The molecule has 2 aromatic heterocycles. The lowest BCUT2D eigenvalue weighted by molar-refractivity contribution is 0.622. The van der Waals surface area contributed by atoms with Gasteiger partial charge in [0.25, 0.3) is 0 Å². The van der Waals surface area contributed by atoms with Gasteiger partial charge in [-0.25, -0.2) is 9.37 Å². The van der Waals surface area contributed by atoms with Gasteiger partial charge in [-0.3, -0.25) is 0 Å². The molecular formula is C14H12BrFN4S. The zero-order valence-electron chi connectivity index (χ0n) is 11.2. The van der Waals surface area contributed by atoms with Crippen molar-refractivity contribution in [3.8, 4) is 0 Å². The SMILES string of the molecule is CCNc1nc(Nc2ccc(Br)c(F)c2)c2ccsc2n1. The number of halogens is 2. The largest absolute Gasteiger partial charge is 0.354 e. The molecule has 3 rings (SSSR count). The van der Waals surface area contributed by atoms with Crippen LogP contribution in [0.15, 0.2) is 34.1 Å². The molecule has 2 heterocycles. The topological polar surface area (TPSA) is 49.8 Å². The first-order valence-electron chi connectivity index (χ1n) is 6.38. The second kappa shape index (κ2) is 5.95. The van der Waals surface area contributed by atoms with Gasteiger partial charge in [0.05, 0.1) is 9.86 Å². The first-order valence-corrected chi connectivity index (χ1v) is 8.06. The Morgan fingerprint density at radius 1 is 1.29 bits per heavy atom. The molecule has 0 saturated heterocycles. The highest BCUT2D eigenvalue weighted by Crippen LogP contribution is 2.29. The summed E-state index contributed by atoms with van der Waals surface area (Å²) in [5.41, 5.74) is 0.643. The third-order valence-electron chi connectivity index (χ3n) is 2.84. The lowest BCUT2D eigenvalue weighted by atomic mass is 10.3. The molecule has 0 aliphatic carbocycles. The Kier molecular flexibility index (Phi) is 4.03. The Bertz CT molecular complexity index is 790. The van der Waals surface area contributed by atoms with Crippen LogP contribution in [0.25, 0.3) is 10.2 Å². The third kappa shape index (κ3) is 2.98. The van der Waals surface area contributed by atoms with Crippen LogP contribution in [-0.4, -0.2) is 16.5 Å². The highest BCUT2D eigenvalue weighted by atomic mass is 79.9. The lowest BCUT2D eigenvalue weighted by Crippen LogP contribution is -2.04. The predicted molar refractivity (Wildman–Crippen MR) is 89.0 cm³/mol. The molecule has 2 N–H and O–H groups in total. The molecule has 0 spiro atoms. The minimum absolute atomic E-state index is 0.317. The summed E-state index contributed by atoms with van der Waals surface area (Å²) in [6.07, 6.45) is 0. The van der Waals surface area contributed by atoms with Crippen LogP contribution in [0, 0.1) is 5.82 Å². The summed E-state index contributed by atoms with van der Waals surface area (Å²) in [6, 6.07) is 6.83. The fraction of sp³-hybridized carbons (Fsp3) is 0.143. The smallest absolute Gasteiger partial charge is 0.226 e. The molecule has 0 unspecified atom stereocenters. The Balaban J connectivity index is 2.01. The van der Waals surface area contributed by atoms with Crippen molar-refractivity contribution in [2.24, 2.45) is 0 Å². The molecule has 0 aliphatic heterocycles. The highest BCUT2D eigenvalue weighted by molar-refractivity contribution is 9.10. The Morgan fingerprint density at radius 3 is 2.90 bits per heavy atom. The van der Waals surface area contributed by atoms with Gasteiger partial charge in [0.2, 0.25) is 5.95 Å². The molecule has 0 aliphatic rings. The second-order valence-electron chi connectivity index (χ2n) is 4.32. The zero-order valence-corrected chi connectivity index (χ0v) is 13.6. The van der Waals surface area contributed by atoms with E-state index < -0.39 is 0 Å². The number of aromatic nitrogens is 2. The van der Waals surface area contributed by atoms with Crippen molar-refractivity contribution >= 4 is 54.9 Å². The molecule has 0 saturated carbocycles. The summed E-state index contributed by atoms with van der Waals surface area (Å²) < 4.78 is 14.0. The molecule has 21 heavy (non-hydrogen) atoms. The molecule has 108 valence electrons. The molecule has 0 amide bonds. The van der Waals surface area contributed by atoms with Gasteiger partial charge in [-0.2, -0.15) is 4.98 Å². The molecule has 1 aromatic carbocycles. The fourth-order valence-corrected chi connectivity index (χ4v) is 2.91. The van der Waals surface area contributed by atoms with Crippen molar-refractivity contribution in [3.05, 3.63) is 39.9 Å². The molecule has 7 heteroatoms. The normalized spacial score (nSPS) is 10.8. The van der Waals surface area contributed by atoms with Crippen molar-refractivity contribution in [2.45, 2.75) is 6.92 Å². The zero-order chi connectivity index (χ0) is 14.8. The van der Waals surface area contributed by atoms with Crippen LogP contribution >= 0.6 is 27.3 Å². The van der Waals surface area contributed by atoms with Crippen LogP contribution in [0.3, 0.4) is 0 Å². The van der Waals surface area contributed by atoms with E-state index in [0.29, 0.717) is 21.9 Å². The Morgan fingerprint density at radius 2 is 2.14 bits per heavy atom. The monoisotopic (exact) mass is 366 g/mol. The minimum Gasteiger partial charge on any atom is -0.354 e. The number of anilines is 3. The number of hydrogen-bond acceptors (Lipinski definition) is 5. The quantitative estimate of drug-likeness (QED) is 0.698. The second-order valence-corrected chi connectivity index (χ2v) is 6.07. The Hall–Kier alpha value is -1.73. The maximum Gasteiger partial charge on any atom is 0.226 e. The maximum atomic E-state index is 13.6. The minimum atomic E-state index is -0.317.